The number of aromatic nitrogens is 2. The van der Waals surface area contributed by atoms with Crippen molar-refractivity contribution in [2.24, 2.45) is 0 Å². The summed E-state index contributed by atoms with van der Waals surface area (Å²) >= 11 is 0. The summed E-state index contributed by atoms with van der Waals surface area (Å²) in [6.07, 6.45) is 3.88. The molecule has 0 aliphatic rings. The fourth-order valence-electron chi connectivity index (χ4n) is 1.21. The second kappa shape index (κ2) is 4.55. The predicted octanol–water partition coefficient (Wildman–Crippen LogP) is 1.54. The minimum absolute atomic E-state index is 0.332. The van der Waals surface area contributed by atoms with Crippen molar-refractivity contribution >= 4 is 0 Å². The van der Waals surface area contributed by atoms with Crippen molar-refractivity contribution in [3.8, 4) is 0 Å². The quantitative estimate of drug-likeness (QED) is 0.799. The lowest BCUT2D eigenvalue weighted by Crippen LogP contribution is -2.55. The maximum atomic E-state index is 9.99. The van der Waals surface area contributed by atoms with E-state index in [-0.39, 0.29) is 5.54 Å². The van der Waals surface area contributed by atoms with E-state index >= 15 is 0 Å². The third-order valence-electron chi connectivity index (χ3n) is 3.27. The molecule has 0 atom stereocenters. The molecule has 92 valence electrons. The molecule has 4 heteroatoms. The lowest BCUT2D eigenvalue weighted by atomic mass is 9.86. The Balaban J connectivity index is 2.57. The van der Waals surface area contributed by atoms with Gasteiger partial charge < -0.3 is 10.4 Å². The lowest BCUT2D eigenvalue weighted by molar-refractivity contribution is -0.00532. The van der Waals surface area contributed by atoms with Crippen molar-refractivity contribution in [2.45, 2.75) is 58.8 Å². The molecule has 0 saturated carbocycles. The Bertz CT molecular complexity index is 336. The van der Waals surface area contributed by atoms with E-state index in [1.807, 2.05) is 44.8 Å². The highest BCUT2D eigenvalue weighted by atomic mass is 16.3. The van der Waals surface area contributed by atoms with Crippen LogP contribution in [0.5, 0.6) is 0 Å². The van der Waals surface area contributed by atoms with Crippen molar-refractivity contribution in [3.05, 3.63) is 18.0 Å². The summed E-state index contributed by atoms with van der Waals surface area (Å²) in [5, 5.41) is 17.6. The summed E-state index contributed by atoms with van der Waals surface area (Å²) in [6, 6.07) is 0. The topological polar surface area (TPSA) is 50.1 Å². The number of hydrogen-bond acceptors (Lipinski definition) is 3. The van der Waals surface area contributed by atoms with Crippen molar-refractivity contribution in [3.63, 3.8) is 0 Å². The molecule has 1 aromatic heterocycles. The first kappa shape index (κ1) is 13.2. The highest BCUT2D eigenvalue weighted by molar-refractivity contribution is 5.05. The summed E-state index contributed by atoms with van der Waals surface area (Å²) in [5.74, 6) is 0. The minimum Gasteiger partial charge on any atom is -0.389 e. The number of aryl methyl sites for hydroxylation is 1. The zero-order valence-electron chi connectivity index (χ0n) is 10.9. The zero-order valence-corrected chi connectivity index (χ0v) is 10.9. The van der Waals surface area contributed by atoms with Crippen LogP contribution >= 0.6 is 0 Å². The molecular formula is C12H23N3O. The normalized spacial score (nSPS) is 13.1. The van der Waals surface area contributed by atoms with E-state index in [2.05, 4.69) is 17.3 Å². The number of rotatable bonds is 5. The second-order valence-electron chi connectivity index (χ2n) is 5.24. The van der Waals surface area contributed by atoms with E-state index < -0.39 is 5.60 Å². The molecule has 0 radical (unpaired) electrons. The molecule has 1 aromatic rings. The van der Waals surface area contributed by atoms with Gasteiger partial charge in [-0.3, -0.25) is 4.68 Å². The van der Waals surface area contributed by atoms with Gasteiger partial charge in [0.25, 0.3) is 0 Å². The van der Waals surface area contributed by atoms with Gasteiger partial charge in [-0.1, -0.05) is 0 Å². The van der Waals surface area contributed by atoms with Gasteiger partial charge in [0.2, 0.25) is 0 Å². The molecule has 0 unspecified atom stereocenters. The molecule has 1 heterocycles. The number of aliphatic hydroxyl groups is 1. The van der Waals surface area contributed by atoms with Crippen LogP contribution in [0.1, 0.15) is 40.2 Å². The van der Waals surface area contributed by atoms with E-state index in [0.717, 1.165) is 18.7 Å². The van der Waals surface area contributed by atoms with Gasteiger partial charge in [0.05, 0.1) is 11.8 Å². The summed E-state index contributed by atoms with van der Waals surface area (Å²) < 4.78 is 1.90. The van der Waals surface area contributed by atoms with E-state index in [1.54, 1.807) is 0 Å². The molecule has 0 bridgehead atoms. The van der Waals surface area contributed by atoms with Crippen molar-refractivity contribution < 1.29 is 5.11 Å². The third-order valence-corrected chi connectivity index (χ3v) is 3.27. The molecule has 0 aliphatic carbocycles. The monoisotopic (exact) mass is 225 g/mol. The molecule has 0 amide bonds. The highest BCUT2D eigenvalue weighted by Crippen LogP contribution is 2.20. The van der Waals surface area contributed by atoms with Gasteiger partial charge in [0.1, 0.15) is 0 Å². The van der Waals surface area contributed by atoms with E-state index in [4.69, 9.17) is 0 Å². The molecular weight excluding hydrogens is 202 g/mol. The number of nitrogens with one attached hydrogen (secondary N) is 1. The Labute approximate surface area is 97.7 Å². The van der Waals surface area contributed by atoms with E-state index in [0.29, 0.717) is 0 Å². The molecule has 0 saturated heterocycles. The predicted molar refractivity (Wildman–Crippen MR) is 65.1 cm³/mol. The first-order valence-corrected chi connectivity index (χ1v) is 5.75. The van der Waals surface area contributed by atoms with Crippen LogP contribution in [0.25, 0.3) is 0 Å². The average molecular weight is 225 g/mol. The van der Waals surface area contributed by atoms with Crippen LogP contribution < -0.4 is 5.32 Å². The fraction of sp³-hybridized carbons (Fsp3) is 0.750. The Kier molecular flexibility index (Phi) is 3.76. The van der Waals surface area contributed by atoms with Crippen LogP contribution in [0.3, 0.4) is 0 Å². The molecule has 0 spiro atoms. The average Bonchev–Trinajstić information content (AvgIpc) is 2.60. The highest BCUT2D eigenvalue weighted by Gasteiger charge is 2.34. The largest absolute Gasteiger partial charge is 0.389 e. The Morgan fingerprint density at radius 1 is 1.38 bits per heavy atom. The maximum absolute atomic E-state index is 9.99. The van der Waals surface area contributed by atoms with Gasteiger partial charge in [-0.2, -0.15) is 5.10 Å². The zero-order chi connectivity index (χ0) is 12.4. The van der Waals surface area contributed by atoms with E-state index in [9.17, 15) is 5.11 Å². The van der Waals surface area contributed by atoms with Crippen molar-refractivity contribution in [1.82, 2.24) is 15.1 Å². The van der Waals surface area contributed by atoms with Crippen LogP contribution in [0.4, 0.5) is 0 Å². The van der Waals surface area contributed by atoms with Gasteiger partial charge >= 0.3 is 0 Å². The van der Waals surface area contributed by atoms with Crippen LogP contribution in [0, 0.1) is 0 Å². The Morgan fingerprint density at radius 2 is 2.00 bits per heavy atom. The Morgan fingerprint density at radius 3 is 2.44 bits per heavy atom. The third kappa shape index (κ3) is 3.06. The Hall–Kier alpha value is -0.870. The first-order chi connectivity index (χ1) is 7.26. The molecule has 0 aliphatic heterocycles. The second-order valence-corrected chi connectivity index (χ2v) is 5.24. The maximum Gasteiger partial charge on any atom is 0.0767 e. The molecule has 1 rings (SSSR count). The summed E-state index contributed by atoms with van der Waals surface area (Å²) in [7, 11) is 0. The first-order valence-electron chi connectivity index (χ1n) is 5.75. The minimum atomic E-state index is -0.756. The molecule has 2 N–H and O–H groups in total. The van der Waals surface area contributed by atoms with Crippen molar-refractivity contribution in [1.29, 1.82) is 0 Å². The summed E-state index contributed by atoms with van der Waals surface area (Å²) in [6.45, 7) is 11.3. The smallest absolute Gasteiger partial charge is 0.0767 e. The van der Waals surface area contributed by atoms with Gasteiger partial charge in [-0.05, 0) is 34.6 Å². The molecule has 4 nitrogen and oxygen atoms in total. The molecule has 16 heavy (non-hydrogen) atoms. The summed E-state index contributed by atoms with van der Waals surface area (Å²) in [5.41, 5.74) is 0.0499. The van der Waals surface area contributed by atoms with Crippen molar-refractivity contribution in [2.75, 3.05) is 0 Å². The van der Waals surface area contributed by atoms with Gasteiger partial charge in [0, 0.05) is 30.4 Å². The van der Waals surface area contributed by atoms with Crippen LogP contribution in [0.2, 0.25) is 0 Å². The number of hydrogen-bond donors (Lipinski definition) is 2. The lowest BCUT2D eigenvalue weighted by Gasteiger charge is -2.38. The summed E-state index contributed by atoms with van der Waals surface area (Å²) in [4.78, 5) is 0. The fourth-order valence-corrected chi connectivity index (χ4v) is 1.21. The van der Waals surface area contributed by atoms with E-state index in [1.165, 1.54) is 0 Å². The molecule has 0 aromatic carbocycles. The van der Waals surface area contributed by atoms with Gasteiger partial charge in [-0.25, -0.2) is 0 Å². The molecule has 0 fully saturated rings. The van der Waals surface area contributed by atoms with Crippen LogP contribution in [-0.4, -0.2) is 26.0 Å². The van der Waals surface area contributed by atoms with Crippen LogP contribution in [-0.2, 0) is 13.1 Å². The standard InChI is InChI=1S/C12H23N3O/c1-6-15-9-10(8-14-15)7-13-11(2,3)12(4,5)16/h8-9,13,16H,6-7H2,1-5H3. The number of nitrogens with zero attached hydrogens (tertiary/aromatic N) is 2. The SMILES string of the molecule is CCn1cc(CNC(C)(C)C(C)(C)O)cn1. The van der Waals surface area contributed by atoms with Gasteiger partial charge in [-0.15, -0.1) is 0 Å². The van der Waals surface area contributed by atoms with Crippen LogP contribution in [0.15, 0.2) is 12.4 Å². The van der Waals surface area contributed by atoms with Gasteiger partial charge in [0.15, 0.2) is 0 Å².